The highest BCUT2D eigenvalue weighted by Crippen LogP contribution is 2.28. The van der Waals surface area contributed by atoms with Gasteiger partial charge in [-0.15, -0.1) is 0 Å². The largest absolute Gasteiger partial charge is 0.496 e. The number of rotatable bonds is 5. The van der Waals surface area contributed by atoms with Gasteiger partial charge in [-0.1, -0.05) is 17.7 Å². The van der Waals surface area contributed by atoms with Crippen molar-refractivity contribution < 1.29 is 14.3 Å². The number of hydrogen-bond acceptors (Lipinski definition) is 4. The van der Waals surface area contributed by atoms with E-state index in [9.17, 15) is 4.79 Å². The number of methoxy groups -OCH3 is 2. The average molecular weight is 310 g/mol. The molecule has 112 valence electrons. The molecule has 0 saturated heterocycles. The lowest BCUT2D eigenvalue weighted by Crippen LogP contribution is -2.25. The van der Waals surface area contributed by atoms with Gasteiger partial charge >= 0.3 is 0 Å². The summed E-state index contributed by atoms with van der Waals surface area (Å²) in [5.74, 6) is 0.590. The maximum atomic E-state index is 12.4. The fraction of sp³-hybridized carbons (Fsp3) is 0.286. The Morgan fingerprint density at radius 2 is 1.95 bits per heavy atom. The van der Waals surface area contributed by atoms with Gasteiger partial charge in [0.15, 0.2) is 0 Å². The van der Waals surface area contributed by atoms with E-state index in [2.05, 4.69) is 10.4 Å². The zero-order valence-corrected chi connectivity index (χ0v) is 12.8. The molecule has 2 rings (SSSR count). The van der Waals surface area contributed by atoms with Crippen LogP contribution in [0.25, 0.3) is 0 Å². The van der Waals surface area contributed by atoms with E-state index >= 15 is 0 Å². The Hall–Kier alpha value is -2.21. The monoisotopic (exact) mass is 309 g/mol. The lowest BCUT2D eigenvalue weighted by atomic mass is 10.1. The Morgan fingerprint density at radius 1 is 1.33 bits per heavy atom. The molecule has 1 amide bonds. The quantitative estimate of drug-likeness (QED) is 0.917. The number of halogens is 1. The molecule has 0 bridgehead atoms. The van der Waals surface area contributed by atoms with E-state index < -0.39 is 0 Å². The summed E-state index contributed by atoms with van der Waals surface area (Å²) in [4.78, 5) is 12.4. The van der Waals surface area contributed by atoms with Crippen molar-refractivity contribution in [3.05, 3.63) is 40.7 Å². The van der Waals surface area contributed by atoms with Crippen LogP contribution in [-0.2, 0) is 13.6 Å². The molecule has 1 heterocycles. The molecule has 1 N–H and O–H groups in total. The molecular formula is C14H16ClN3O3. The number of nitrogens with one attached hydrogen (secondary N) is 1. The third kappa shape index (κ3) is 3.11. The van der Waals surface area contributed by atoms with Crippen molar-refractivity contribution >= 4 is 17.5 Å². The van der Waals surface area contributed by atoms with Crippen molar-refractivity contribution in [2.24, 2.45) is 7.05 Å². The van der Waals surface area contributed by atoms with Gasteiger partial charge in [0.1, 0.15) is 17.1 Å². The molecular weight excluding hydrogens is 294 g/mol. The van der Waals surface area contributed by atoms with E-state index in [0.29, 0.717) is 22.1 Å². The highest BCUT2D eigenvalue weighted by molar-refractivity contribution is 6.31. The van der Waals surface area contributed by atoms with Crippen LogP contribution in [0, 0.1) is 0 Å². The van der Waals surface area contributed by atoms with Gasteiger partial charge in [-0.25, -0.2) is 0 Å². The Kier molecular flexibility index (Phi) is 4.70. The maximum Gasteiger partial charge on any atom is 0.259 e. The second-order valence-corrected chi connectivity index (χ2v) is 4.69. The molecule has 0 atom stereocenters. The van der Waals surface area contributed by atoms with Crippen molar-refractivity contribution in [3.63, 3.8) is 0 Å². The van der Waals surface area contributed by atoms with Gasteiger partial charge in [0, 0.05) is 7.05 Å². The van der Waals surface area contributed by atoms with Crippen molar-refractivity contribution in [2.75, 3.05) is 14.2 Å². The van der Waals surface area contributed by atoms with E-state index in [1.54, 1.807) is 29.9 Å². The summed E-state index contributed by atoms with van der Waals surface area (Å²) in [7, 11) is 4.77. The van der Waals surface area contributed by atoms with Crippen molar-refractivity contribution in [2.45, 2.75) is 6.54 Å². The third-order valence-corrected chi connectivity index (χ3v) is 3.40. The van der Waals surface area contributed by atoms with Crippen molar-refractivity contribution in [1.29, 1.82) is 0 Å². The molecule has 0 aliphatic carbocycles. The van der Waals surface area contributed by atoms with Crippen LogP contribution in [0.3, 0.4) is 0 Å². The molecule has 0 fully saturated rings. The fourth-order valence-electron chi connectivity index (χ4n) is 1.96. The first-order chi connectivity index (χ1) is 10.1. The lowest BCUT2D eigenvalue weighted by molar-refractivity contribution is 0.0944. The van der Waals surface area contributed by atoms with Crippen LogP contribution in [-0.4, -0.2) is 29.9 Å². The predicted molar refractivity (Wildman–Crippen MR) is 78.9 cm³/mol. The molecule has 0 aliphatic heterocycles. The first-order valence-electron chi connectivity index (χ1n) is 6.24. The van der Waals surface area contributed by atoms with Crippen LogP contribution in [0.4, 0.5) is 0 Å². The van der Waals surface area contributed by atoms with Gasteiger partial charge in [0.2, 0.25) is 0 Å². The van der Waals surface area contributed by atoms with Crippen LogP contribution in [0.2, 0.25) is 5.02 Å². The van der Waals surface area contributed by atoms with Crippen molar-refractivity contribution in [1.82, 2.24) is 15.1 Å². The van der Waals surface area contributed by atoms with Gasteiger partial charge in [0.05, 0.1) is 37.7 Å². The summed E-state index contributed by atoms with van der Waals surface area (Å²) in [6.45, 7) is 0.259. The van der Waals surface area contributed by atoms with Crippen LogP contribution in [0.5, 0.6) is 11.5 Å². The smallest absolute Gasteiger partial charge is 0.259 e. The van der Waals surface area contributed by atoms with Crippen LogP contribution in [0.1, 0.15) is 16.1 Å². The van der Waals surface area contributed by atoms with Gasteiger partial charge in [0.25, 0.3) is 5.91 Å². The number of carbonyl (C=O) groups is 1. The number of nitrogens with zero attached hydrogens (tertiary/aromatic N) is 2. The lowest BCUT2D eigenvalue weighted by Gasteiger charge is -2.13. The van der Waals surface area contributed by atoms with E-state index in [0.717, 1.165) is 5.69 Å². The predicted octanol–water partition coefficient (Wildman–Crippen LogP) is 2.02. The highest BCUT2D eigenvalue weighted by atomic mass is 35.5. The van der Waals surface area contributed by atoms with Crippen molar-refractivity contribution in [3.8, 4) is 11.5 Å². The minimum Gasteiger partial charge on any atom is -0.496 e. The van der Waals surface area contributed by atoms with E-state index in [-0.39, 0.29) is 12.5 Å². The fourth-order valence-corrected chi connectivity index (χ4v) is 2.20. The van der Waals surface area contributed by atoms with Gasteiger partial charge in [-0.2, -0.15) is 5.10 Å². The summed E-state index contributed by atoms with van der Waals surface area (Å²) in [5, 5.41) is 7.31. The maximum absolute atomic E-state index is 12.4. The summed E-state index contributed by atoms with van der Waals surface area (Å²) < 4.78 is 12.0. The summed E-state index contributed by atoms with van der Waals surface area (Å²) in [5.41, 5.74) is 1.07. The standard InChI is InChI=1S/C14H16ClN3O3/c1-18-10(9(15)7-17-18)8-16-14(19)13-11(20-2)5-4-6-12(13)21-3/h4-7H,8H2,1-3H3,(H,16,19). The Balaban J connectivity index is 2.21. The van der Waals surface area contributed by atoms with E-state index in [4.69, 9.17) is 21.1 Å². The Labute approximate surface area is 127 Å². The normalized spacial score (nSPS) is 10.3. The molecule has 0 saturated carbocycles. The molecule has 0 spiro atoms. The Morgan fingerprint density at radius 3 is 2.43 bits per heavy atom. The second-order valence-electron chi connectivity index (χ2n) is 4.28. The molecule has 1 aromatic carbocycles. The molecule has 21 heavy (non-hydrogen) atoms. The molecule has 1 aromatic heterocycles. The minimum atomic E-state index is -0.304. The van der Waals surface area contributed by atoms with Gasteiger partial charge in [-0.3, -0.25) is 9.48 Å². The minimum absolute atomic E-state index is 0.259. The third-order valence-electron chi connectivity index (χ3n) is 3.08. The second kappa shape index (κ2) is 6.49. The zero-order chi connectivity index (χ0) is 15.4. The zero-order valence-electron chi connectivity index (χ0n) is 12.0. The number of amides is 1. The number of aryl methyl sites for hydroxylation is 1. The van der Waals surface area contributed by atoms with Crippen LogP contribution < -0.4 is 14.8 Å². The summed E-state index contributed by atoms with van der Waals surface area (Å²) in [6, 6.07) is 5.16. The summed E-state index contributed by atoms with van der Waals surface area (Å²) >= 11 is 6.01. The number of benzene rings is 1. The molecule has 0 radical (unpaired) electrons. The van der Waals surface area contributed by atoms with Crippen LogP contribution >= 0.6 is 11.6 Å². The first kappa shape index (κ1) is 15.2. The van der Waals surface area contributed by atoms with Gasteiger partial charge < -0.3 is 14.8 Å². The number of aromatic nitrogens is 2. The SMILES string of the molecule is COc1cccc(OC)c1C(=O)NCc1c(Cl)cnn1C. The number of hydrogen-bond donors (Lipinski definition) is 1. The average Bonchev–Trinajstić information content (AvgIpc) is 2.82. The summed E-state index contributed by atoms with van der Waals surface area (Å²) in [6.07, 6.45) is 1.53. The van der Waals surface area contributed by atoms with E-state index in [1.807, 2.05) is 0 Å². The first-order valence-corrected chi connectivity index (χ1v) is 6.61. The number of ether oxygens (including phenoxy) is 2. The van der Waals surface area contributed by atoms with Gasteiger partial charge in [-0.05, 0) is 12.1 Å². The van der Waals surface area contributed by atoms with Crippen LogP contribution in [0.15, 0.2) is 24.4 Å². The van der Waals surface area contributed by atoms with E-state index in [1.165, 1.54) is 20.4 Å². The topological polar surface area (TPSA) is 65.4 Å². The molecule has 0 unspecified atom stereocenters. The molecule has 6 nitrogen and oxygen atoms in total. The molecule has 2 aromatic rings. The molecule has 0 aliphatic rings. The highest BCUT2D eigenvalue weighted by Gasteiger charge is 2.18. The number of carbonyl (C=O) groups excluding carboxylic acids is 1. The Bertz CT molecular complexity index is 613. The molecule has 7 heteroatoms.